The Hall–Kier alpha value is -2.43. The van der Waals surface area contributed by atoms with Crippen molar-refractivity contribution in [1.29, 1.82) is 0 Å². The standard InChI is InChI=1S/C18H21N3O2/c1-10(2)9-14-16-19-13-8-6-5-7-12(13)18(23)21(16)15(11(3)4)17(22)20-14/h5-11,15H,1-4H3,(H,20,22)/b14-9+/t15-/m1/s1. The van der Waals surface area contributed by atoms with Crippen LogP contribution in [0.3, 0.4) is 0 Å². The average Bonchev–Trinajstić information content (AvgIpc) is 2.47. The number of nitrogens with zero attached hydrogens (tertiary/aromatic N) is 2. The highest BCUT2D eigenvalue weighted by Crippen LogP contribution is 2.27. The number of allylic oxidation sites excluding steroid dienone is 1. The lowest BCUT2D eigenvalue weighted by molar-refractivity contribution is -0.125. The molecule has 1 aliphatic heterocycles. The Kier molecular flexibility index (Phi) is 3.80. The molecule has 2 aromatic rings. The maximum Gasteiger partial charge on any atom is 0.262 e. The first-order valence-corrected chi connectivity index (χ1v) is 7.94. The molecule has 120 valence electrons. The van der Waals surface area contributed by atoms with Gasteiger partial charge in [0.1, 0.15) is 6.04 Å². The summed E-state index contributed by atoms with van der Waals surface area (Å²) in [6, 6.07) is 6.72. The number of hydrogen-bond donors (Lipinski definition) is 1. The van der Waals surface area contributed by atoms with Crippen LogP contribution in [0, 0.1) is 11.8 Å². The SMILES string of the molecule is CC(C)/C=C1/NC(=O)[C@@H](C(C)C)n2c1nc1ccccc1c2=O. The molecule has 0 unspecified atom stereocenters. The van der Waals surface area contributed by atoms with E-state index in [1.165, 1.54) is 0 Å². The third-order valence-electron chi connectivity index (χ3n) is 3.98. The van der Waals surface area contributed by atoms with Gasteiger partial charge < -0.3 is 5.32 Å². The molecule has 1 aromatic carbocycles. The first-order chi connectivity index (χ1) is 10.9. The van der Waals surface area contributed by atoms with Crippen molar-refractivity contribution in [3.05, 3.63) is 46.5 Å². The molecule has 0 bridgehead atoms. The van der Waals surface area contributed by atoms with Crippen LogP contribution in [0.15, 0.2) is 35.1 Å². The van der Waals surface area contributed by atoms with E-state index in [1.807, 2.05) is 52.0 Å². The van der Waals surface area contributed by atoms with Gasteiger partial charge in [0, 0.05) is 0 Å². The largest absolute Gasteiger partial charge is 0.321 e. The molecule has 5 nitrogen and oxygen atoms in total. The summed E-state index contributed by atoms with van der Waals surface area (Å²) < 4.78 is 1.56. The Morgan fingerprint density at radius 3 is 2.52 bits per heavy atom. The number of aromatic nitrogens is 2. The van der Waals surface area contributed by atoms with E-state index >= 15 is 0 Å². The van der Waals surface area contributed by atoms with Crippen LogP contribution in [0.4, 0.5) is 0 Å². The van der Waals surface area contributed by atoms with Crippen LogP contribution in [-0.2, 0) is 4.79 Å². The van der Waals surface area contributed by atoms with Crippen molar-refractivity contribution in [1.82, 2.24) is 14.9 Å². The van der Waals surface area contributed by atoms with E-state index in [-0.39, 0.29) is 23.3 Å². The quantitative estimate of drug-likeness (QED) is 0.927. The average molecular weight is 311 g/mol. The van der Waals surface area contributed by atoms with Gasteiger partial charge in [-0.05, 0) is 24.0 Å². The lowest BCUT2D eigenvalue weighted by Crippen LogP contribution is -2.46. The van der Waals surface area contributed by atoms with E-state index in [9.17, 15) is 9.59 Å². The Morgan fingerprint density at radius 1 is 1.17 bits per heavy atom. The van der Waals surface area contributed by atoms with Gasteiger partial charge >= 0.3 is 0 Å². The molecule has 5 heteroatoms. The molecule has 23 heavy (non-hydrogen) atoms. The van der Waals surface area contributed by atoms with Gasteiger partial charge in [-0.25, -0.2) is 4.98 Å². The van der Waals surface area contributed by atoms with Crippen molar-refractivity contribution in [3.8, 4) is 0 Å². The number of rotatable bonds is 2. The fourth-order valence-corrected chi connectivity index (χ4v) is 3.02. The summed E-state index contributed by atoms with van der Waals surface area (Å²) in [5, 5.41) is 3.47. The fourth-order valence-electron chi connectivity index (χ4n) is 3.02. The van der Waals surface area contributed by atoms with Crippen molar-refractivity contribution >= 4 is 22.5 Å². The lowest BCUT2D eigenvalue weighted by atomic mass is 9.99. The molecule has 0 aliphatic carbocycles. The van der Waals surface area contributed by atoms with Crippen LogP contribution in [0.1, 0.15) is 39.6 Å². The number of fused-ring (bicyclic) bond motifs is 2. The number of hydrogen-bond acceptors (Lipinski definition) is 3. The number of benzene rings is 1. The topological polar surface area (TPSA) is 64.0 Å². The smallest absolute Gasteiger partial charge is 0.262 e. The number of amides is 1. The van der Waals surface area contributed by atoms with Crippen LogP contribution in [-0.4, -0.2) is 15.5 Å². The van der Waals surface area contributed by atoms with Gasteiger partial charge in [-0.2, -0.15) is 0 Å². The van der Waals surface area contributed by atoms with Gasteiger partial charge in [0.05, 0.1) is 16.6 Å². The molecule has 1 atom stereocenters. The van der Waals surface area contributed by atoms with Gasteiger partial charge in [-0.3, -0.25) is 14.2 Å². The molecule has 0 radical (unpaired) electrons. The van der Waals surface area contributed by atoms with Crippen molar-refractivity contribution in [3.63, 3.8) is 0 Å². The van der Waals surface area contributed by atoms with E-state index in [0.29, 0.717) is 22.4 Å². The zero-order valence-electron chi connectivity index (χ0n) is 13.8. The molecular weight excluding hydrogens is 290 g/mol. The molecule has 2 heterocycles. The zero-order chi connectivity index (χ0) is 16.7. The number of nitrogens with one attached hydrogen (secondary N) is 1. The fraction of sp³-hybridized carbons (Fsp3) is 0.389. The van der Waals surface area contributed by atoms with E-state index in [4.69, 9.17) is 0 Å². The maximum atomic E-state index is 13.0. The number of carbonyl (C=O) groups is 1. The highest BCUT2D eigenvalue weighted by atomic mass is 16.2. The summed E-state index contributed by atoms with van der Waals surface area (Å²) in [5.74, 6) is 0.618. The Bertz CT molecular complexity index is 862. The number of carbonyl (C=O) groups excluding carboxylic acids is 1. The molecule has 0 saturated heterocycles. The van der Waals surface area contributed by atoms with Crippen LogP contribution in [0.5, 0.6) is 0 Å². The summed E-state index contributed by atoms with van der Waals surface area (Å²) in [5.41, 5.74) is 1.11. The molecule has 1 aromatic heterocycles. The van der Waals surface area contributed by atoms with Crippen molar-refractivity contribution in [2.75, 3.05) is 0 Å². The van der Waals surface area contributed by atoms with Gasteiger partial charge in [0.25, 0.3) is 5.56 Å². The molecule has 0 saturated carbocycles. The summed E-state index contributed by atoms with van der Waals surface area (Å²) in [6.07, 6.45) is 1.93. The minimum absolute atomic E-state index is 0.00462. The van der Waals surface area contributed by atoms with Crippen LogP contribution in [0.25, 0.3) is 16.6 Å². The minimum atomic E-state index is -0.543. The molecule has 1 N–H and O–H groups in total. The van der Waals surface area contributed by atoms with Gasteiger partial charge in [0.15, 0.2) is 5.82 Å². The predicted molar refractivity (Wildman–Crippen MR) is 90.8 cm³/mol. The zero-order valence-corrected chi connectivity index (χ0v) is 13.8. The molecule has 3 rings (SSSR count). The van der Waals surface area contributed by atoms with E-state index in [2.05, 4.69) is 10.3 Å². The monoisotopic (exact) mass is 311 g/mol. The number of para-hydroxylation sites is 1. The highest BCUT2D eigenvalue weighted by Gasteiger charge is 2.34. The van der Waals surface area contributed by atoms with E-state index in [0.717, 1.165) is 0 Å². The Balaban J connectivity index is 2.39. The molecular formula is C18H21N3O2. The second-order valence-electron chi connectivity index (χ2n) is 6.63. The second-order valence-corrected chi connectivity index (χ2v) is 6.63. The summed E-state index contributed by atoms with van der Waals surface area (Å²) in [4.78, 5) is 30.2. The Labute approximate surface area is 135 Å². The van der Waals surface area contributed by atoms with Crippen LogP contribution in [0.2, 0.25) is 0 Å². The van der Waals surface area contributed by atoms with Crippen molar-refractivity contribution in [2.24, 2.45) is 11.8 Å². The van der Waals surface area contributed by atoms with Crippen molar-refractivity contribution < 1.29 is 4.79 Å². The second kappa shape index (κ2) is 5.65. The highest BCUT2D eigenvalue weighted by molar-refractivity contribution is 5.93. The molecule has 1 aliphatic rings. The van der Waals surface area contributed by atoms with Gasteiger partial charge in [0.2, 0.25) is 5.91 Å². The Morgan fingerprint density at radius 2 is 1.87 bits per heavy atom. The lowest BCUT2D eigenvalue weighted by Gasteiger charge is -2.31. The van der Waals surface area contributed by atoms with E-state index in [1.54, 1.807) is 10.6 Å². The minimum Gasteiger partial charge on any atom is -0.321 e. The third kappa shape index (κ3) is 2.56. The van der Waals surface area contributed by atoms with Crippen LogP contribution < -0.4 is 10.9 Å². The van der Waals surface area contributed by atoms with Crippen LogP contribution >= 0.6 is 0 Å². The first kappa shape index (κ1) is 15.5. The molecule has 1 amide bonds. The summed E-state index contributed by atoms with van der Waals surface area (Å²) in [6.45, 7) is 7.92. The third-order valence-corrected chi connectivity index (χ3v) is 3.98. The van der Waals surface area contributed by atoms with Gasteiger partial charge in [-0.15, -0.1) is 0 Å². The molecule has 0 fully saturated rings. The first-order valence-electron chi connectivity index (χ1n) is 7.94. The maximum absolute atomic E-state index is 13.0. The van der Waals surface area contributed by atoms with E-state index < -0.39 is 6.04 Å². The summed E-state index contributed by atoms with van der Waals surface area (Å²) >= 11 is 0. The summed E-state index contributed by atoms with van der Waals surface area (Å²) in [7, 11) is 0. The van der Waals surface area contributed by atoms with Crippen molar-refractivity contribution in [2.45, 2.75) is 33.7 Å². The normalized spacial score (nSPS) is 19.5. The van der Waals surface area contributed by atoms with Gasteiger partial charge in [-0.1, -0.05) is 45.9 Å². The molecule has 0 spiro atoms. The predicted octanol–water partition coefficient (Wildman–Crippen LogP) is 2.72.